The van der Waals surface area contributed by atoms with Gasteiger partial charge in [-0.3, -0.25) is 0 Å². The minimum absolute atomic E-state index is 0.113. The summed E-state index contributed by atoms with van der Waals surface area (Å²) in [4.78, 5) is 0. The molecule has 0 aliphatic heterocycles. The molecule has 0 amide bonds. The maximum Gasteiger partial charge on any atom is 0.0165 e. The summed E-state index contributed by atoms with van der Waals surface area (Å²) < 4.78 is 0. The number of hydrogen-bond donors (Lipinski definition) is 0. The molecule has 10 aromatic carbocycles. The van der Waals surface area contributed by atoms with Gasteiger partial charge in [0.05, 0.1) is 0 Å². The molecule has 0 nitrogen and oxygen atoms in total. The SMILES string of the molecule is CC1(C)c2cc3ccccc3cc2-c2cccc(-c3ccc(-c4c5ccccc5c(-c5cccc(-c6ccc7ccccc7c6)c5)c5ccccc45)cc3)c21. The third-order valence-corrected chi connectivity index (χ3v) is 12.2. The highest BCUT2D eigenvalue weighted by Gasteiger charge is 2.37. The van der Waals surface area contributed by atoms with Crippen LogP contribution in [0.15, 0.2) is 194 Å². The molecular formula is C55H38. The second-order valence-electron chi connectivity index (χ2n) is 15.7. The smallest absolute Gasteiger partial charge is 0.0165 e. The van der Waals surface area contributed by atoms with Crippen molar-refractivity contribution in [3.05, 3.63) is 205 Å². The molecule has 55 heavy (non-hydrogen) atoms. The summed E-state index contributed by atoms with van der Waals surface area (Å²) in [6.45, 7) is 4.78. The first-order chi connectivity index (χ1) is 27.0. The van der Waals surface area contributed by atoms with Crippen LogP contribution < -0.4 is 0 Å². The minimum Gasteiger partial charge on any atom is -0.0616 e. The monoisotopic (exact) mass is 698 g/mol. The van der Waals surface area contributed by atoms with Crippen molar-refractivity contribution >= 4 is 43.1 Å². The predicted octanol–water partition coefficient (Wildman–Crippen LogP) is 15.3. The molecule has 0 spiro atoms. The Bertz CT molecular complexity index is 3100. The predicted molar refractivity (Wildman–Crippen MR) is 236 cm³/mol. The second kappa shape index (κ2) is 12.1. The summed E-state index contributed by atoms with van der Waals surface area (Å²) in [5.74, 6) is 0. The zero-order chi connectivity index (χ0) is 36.7. The lowest BCUT2D eigenvalue weighted by molar-refractivity contribution is 0.663. The first-order valence-corrected chi connectivity index (χ1v) is 19.3. The molecule has 0 heteroatoms. The third kappa shape index (κ3) is 4.92. The van der Waals surface area contributed by atoms with Crippen LogP contribution in [0.3, 0.4) is 0 Å². The summed E-state index contributed by atoms with van der Waals surface area (Å²) in [6.07, 6.45) is 0. The Labute approximate surface area is 322 Å². The topological polar surface area (TPSA) is 0 Å². The fraction of sp³-hybridized carbons (Fsp3) is 0.0545. The average molecular weight is 699 g/mol. The van der Waals surface area contributed by atoms with Gasteiger partial charge in [0.2, 0.25) is 0 Å². The number of benzene rings is 10. The molecule has 0 heterocycles. The molecule has 0 N–H and O–H groups in total. The molecule has 1 aliphatic carbocycles. The van der Waals surface area contributed by atoms with E-state index in [0.717, 1.165) is 0 Å². The number of hydrogen-bond acceptors (Lipinski definition) is 0. The molecule has 0 bridgehead atoms. The molecule has 0 fully saturated rings. The van der Waals surface area contributed by atoms with E-state index < -0.39 is 0 Å². The lowest BCUT2D eigenvalue weighted by atomic mass is 9.78. The highest BCUT2D eigenvalue weighted by atomic mass is 14.4. The Morgan fingerprint density at radius 2 is 0.764 bits per heavy atom. The average Bonchev–Trinajstić information content (AvgIpc) is 3.46. The van der Waals surface area contributed by atoms with Crippen LogP contribution in [-0.4, -0.2) is 0 Å². The van der Waals surface area contributed by atoms with Crippen LogP contribution in [0, 0.1) is 0 Å². The summed E-state index contributed by atoms with van der Waals surface area (Å²) in [6, 6.07) is 72.1. The van der Waals surface area contributed by atoms with Crippen LogP contribution in [-0.2, 0) is 5.41 Å². The van der Waals surface area contributed by atoms with Gasteiger partial charge >= 0.3 is 0 Å². The Kier molecular flexibility index (Phi) is 7.00. The van der Waals surface area contributed by atoms with E-state index in [1.165, 1.54) is 110 Å². The van der Waals surface area contributed by atoms with Gasteiger partial charge in [-0.1, -0.05) is 184 Å². The molecule has 0 aromatic heterocycles. The third-order valence-electron chi connectivity index (χ3n) is 12.2. The van der Waals surface area contributed by atoms with Gasteiger partial charge in [0.1, 0.15) is 0 Å². The minimum atomic E-state index is -0.113. The Balaban J connectivity index is 1.04. The van der Waals surface area contributed by atoms with E-state index in [4.69, 9.17) is 0 Å². The molecule has 1 aliphatic rings. The lowest BCUT2D eigenvalue weighted by Crippen LogP contribution is -2.16. The van der Waals surface area contributed by atoms with E-state index in [-0.39, 0.29) is 5.41 Å². The first-order valence-electron chi connectivity index (χ1n) is 19.3. The van der Waals surface area contributed by atoms with Crippen LogP contribution in [0.1, 0.15) is 25.0 Å². The first kappa shape index (κ1) is 31.7. The van der Waals surface area contributed by atoms with Crippen LogP contribution in [0.25, 0.3) is 98.7 Å². The summed E-state index contributed by atoms with van der Waals surface area (Å²) >= 11 is 0. The van der Waals surface area contributed by atoms with E-state index in [2.05, 4.69) is 208 Å². The Morgan fingerprint density at radius 1 is 0.291 bits per heavy atom. The van der Waals surface area contributed by atoms with Gasteiger partial charge < -0.3 is 0 Å². The van der Waals surface area contributed by atoms with Crippen molar-refractivity contribution in [3.8, 4) is 55.6 Å². The van der Waals surface area contributed by atoms with Gasteiger partial charge in [0.15, 0.2) is 0 Å². The van der Waals surface area contributed by atoms with Crippen molar-refractivity contribution in [3.63, 3.8) is 0 Å². The van der Waals surface area contributed by atoms with Crippen molar-refractivity contribution < 1.29 is 0 Å². The van der Waals surface area contributed by atoms with Gasteiger partial charge in [-0.05, 0) is 134 Å². The normalized spacial score (nSPS) is 13.1. The number of rotatable bonds is 4. The highest BCUT2D eigenvalue weighted by molar-refractivity contribution is 6.21. The lowest BCUT2D eigenvalue weighted by Gasteiger charge is -2.25. The van der Waals surface area contributed by atoms with Gasteiger partial charge in [0, 0.05) is 5.41 Å². The van der Waals surface area contributed by atoms with E-state index in [1.807, 2.05) is 0 Å². The molecule has 0 radical (unpaired) electrons. The van der Waals surface area contributed by atoms with E-state index in [9.17, 15) is 0 Å². The van der Waals surface area contributed by atoms with Gasteiger partial charge in [-0.25, -0.2) is 0 Å². The van der Waals surface area contributed by atoms with Gasteiger partial charge in [-0.2, -0.15) is 0 Å². The molecular weight excluding hydrogens is 661 g/mol. The fourth-order valence-electron chi connectivity index (χ4n) is 9.60. The standard InChI is InChI=1S/C55H38/c1-55(2)51-34-41-16-6-5-15-40(41)33-50(51)49-24-12-23-44(54(49)55)36-26-28-37(29-27-36)52-45-19-7-9-21-47(45)53(48-22-10-8-20-46(48)52)43-18-11-17-39(32-43)42-30-25-35-13-3-4-14-38(35)31-42/h3-34H,1-2H3. The summed E-state index contributed by atoms with van der Waals surface area (Å²) in [7, 11) is 0. The second-order valence-corrected chi connectivity index (χ2v) is 15.7. The van der Waals surface area contributed by atoms with Crippen LogP contribution in [0.5, 0.6) is 0 Å². The van der Waals surface area contributed by atoms with E-state index >= 15 is 0 Å². The maximum absolute atomic E-state index is 2.41. The van der Waals surface area contributed by atoms with E-state index in [1.54, 1.807) is 0 Å². The summed E-state index contributed by atoms with van der Waals surface area (Å²) in [5, 5.41) is 10.2. The summed E-state index contributed by atoms with van der Waals surface area (Å²) in [5.41, 5.74) is 15.5. The highest BCUT2D eigenvalue weighted by Crippen LogP contribution is 2.53. The Hall–Kier alpha value is -6.76. The molecule has 10 aromatic rings. The van der Waals surface area contributed by atoms with Crippen molar-refractivity contribution in [2.45, 2.75) is 19.3 Å². The number of fused-ring (bicyclic) bond motifs is 7. The van der Waals surface area contributed by atoms with E-state index in [0.29, 0.717) is 0 Å². The molecule has 0 saturated heterocycles. The van der Waals surface area contributed by atoms with Crippen molar-refractivity contribution in [1.29, 1.82) is 0 Å². The van der Waals surface area contributed by atoms with Crippen molar-refractivity contribution in [2.24, 2.45) is 0 Å². The molecule has 11 rings (SSSR count). The van der Waals surface area contributed by atoms with Crippen LogP contribution in [0.2, 0.25) is 0 Å². The molecule has 258 valence electrons. The Morgan fingerprint density at radius 3 is 1.44 bits per heavy atom. The molecule has 0 atom stereocenters. The molecule has 0 unspecified atom stereocenters. The van der Waals surface area contributed by atoms with Crippen LogP contribution >= 0.6 is 0 Å². The zero-order valence-electron chi connectivity index (χ0n) is 31.0. The maximum atomic E-state index is 2.41. The van der Waals surface area contributed by atoms with Gasteiger partial charge in [-0.15, -0.1) is 0 Å². The quantitative estimate of drug-likeness (QED) is 0.161. The zero-order valence-corrected chi connectivity index (χ0v) is 31.0. The largest absolute Gasteiger partial charge is 0.0616 e. The fourth-order valence-corrected chi connectivity index (χ4v) is 9.60. The van der Waals surface area contributed by atoms with Crippen molar-refractivity contribution in [2.75, 3.05) is 0 Å². The molecule has 0 saturated carbocycles. The van der Waals surface area contributed by atoms with Crippen molar-refractivity contribution in [1.82, 2.24) is 0 Å². The van der Waals surface area contributed by atoms with Gasteiger partial charge in [0.25, 0.3) is 0 Å². The van der Waals surface area contributed by atoms with Crippen LogP contribution in [0.4, 0.5) is 0 Å².